The van der Waals surface area contributed by atoms with Crippen LogP contribution < -0.4 is 10.6 Å². The van der Waals surface area contributed by atoms with Gasteiger partial charge in [-0.1, -0.05) is 48.0 Å². The molecule has 2 rings (SSSR count). The van der Waals surface area contributed by atoms with E-state index in [1.54, 1.807) is 18.9 Å². The van der Waals surface area contributed by atoms with Gasteiger partial charge >= 0.3 is 0 Å². The fraction of sp³-hybridized carbons (Fsp3) is 0.364. The van der Waals surface area contributed by atoms with Gasteiger partial charge in [-0.2, -0.15) is 0 Å². The molecule has 0 fully saturated rings. The molecular formula is C22H29N3O2. The highest BCUT2D eigenvalue weighted by atomic mass is 16.2. The number of aryl methyl sites for hydroxylation is 3. The Morgan fingerprint density at radius 3 is 2.22 bits per heavy atom. The minimum Gasteiger partial charge on any atom is -0.351 e. The van der Waals surface area contributed by atoms with Crippen LogP contribution >= 0.6 is 0 Å². The van der Waals surface area contributed by atoms with Gasteiger partial charge in [0.2, 0.25) is 11.8 Å². The first-order valence-corrected chi connectivity index (χ1v) is 9.17. The molecule has 0 spiro atoms. The Bertz CT molecular complexity index is 779. The predicted octanol–water partition coefficient (Wildman–Crippen LogP) is 3.19. The van der Waals surface area contributed by atoms with Crippen molar-refractivity contribution in [2.75, 3.05) is 18.9 Å². The number of amides is 2. The molecule has 144 valence electrons. The van der Waals surface area contributed by atoms with Gasteiger partial charge in [0, 0.05) is 12.2 Å². The first-order chi connectivity index (χ1) is 12.8. The number of rotatable bonds is 7. The summed E-state index contributed by atoms with van der Waals surface area (Å²) in [4.78, 5) is 26.5. The molecule has 0 radical (unpaired) electrons. The van der Waals surface area contributed by atoms with Gasteiger partial charge in [0.15, 0.2) is 0 Å². The van der Waals surface area contributed by atoms with Crippen molar-refractivity contribution in [1.29, 1.82) is 0 Å². The molecule has 0 unspecified atom stereocenters. The Kier molecular flexibility index (Phi) is 7.13. The Morgan fingerprint density at radius 2 is 1.63 bits per heavy atom. The van der Waals surface area contributed by atoms with Crippen LogP contribution in [0.3, 0.4) is 0 Å². The maximum atomic E-state index is 12.4. The summed E-state index contributed by atoms with van der Waals surface area (Å²) in [6, 6.07) is 13.4. The van der Waals surface area contributed by atoms with E-state index in [-0.39, 0.29) is 18.4 Å². The highest BCUT2D eigenvalue weighted by molar-refractivity contribution is 5.94. The largest absolute Gasteiger partial charge is 0.351 e. The molecule has 5 nitrogen and oxygen atoms in total. The lowest BCUT2D eigenvalue weighted by molar-refractivity contribution is -0.126. The first kappa shape index (κ1) is 20.6. The van der Waals surface area contributed by atoms with E-state index in [9.17, 15) is 9.59 Å². The van der Waals surface area contributed by atoms with Crippen molar-refractivity contribution in [3.63, 3.8) is 0 Å². The van der Waals surface area contributed by atoms with Crippen molar-refractivity contribution in [3.05, 3.63) is 64.7 Å². The topological polar surface area (TPSA) is 61.4 Å². The standard InChI is InChI=1S/C22H29N3O2/c1-15-11-16(2)21(17(3)12-15)24-20(26)14-25(5)18(4)22(27)23-13-19-9-7-6-8-10-19/h6-12,18H,13-14H2,1-5H3,(H,23,27)(H,24,26)/t18-/m0/s1. The third-order valence-corrected chi connectivity index (χ3v) is 4.68. The maximum Gasteiger partial charge on any atom is 0.238 e. The molecule has 0 aliphatic heterocycles. The monoisotopic (exact) mass is 367 g/mol. The van der Waals surface area contributed by atoms with Crippen LogP contribution in [0.2, 0.25) is 0 Å². The third-order valence-electron chi connectivity index (χ3n) is 4.68. The van der Waals surface area contributed by atoms with Crippen molar-refractivity contribution in [3.8, 4) is 0 Å². The summed E-state index contributed by atoms with van der Waals surface area (Å²) in [5.74, 6) is -0.230. The lowest BCUT2D eigenvalue weighted by Crippen LogP contribution is -2.45. The van der Waals surface area contributed by atoms with E-state index in [0.717, 1.165) is 22.4 Å². The number of carbonyl (C=O) groups is 2. The molecule has 27 heavy (non-hydrogen) atoms. The van der Waals surface area contributed by atoms with Crippen molar-refractivity contribution in [2.45, 2.75) is 40.3 Å². The van der Waals surface area contributed by atoms with Crippen LogP contribution in [0.5, 0.6) is 0 Å². The predicted molar refractivity (Wildman–Crippen MR) is 110 cm³/mol. The van der Waals surface area contributed by atoms with Crippen molar-refractivity contribution >= 4 is 17.5 Å². The van der Waals surface area contributed by atoms with Gasteiger partial charge in [0.05, 0.1) is 12.6 Å². The average Bonchev–Trinajstić information content (AvgIpc) is 2.62. The van der Waals surface area contributed by atoms with Crippen LogP contribution in [0.15, 0.2) is 42.5 Å². The van der Waals surface area contributed by atoms with Gasteiger partial charge in [-0.15, -0.1) is 0 Å². The Morgan fingerprint density at radius 1 is 1.04 bits per heavy atom. The smallest absolute Gasteiger partial charge is 0.238 e. The Labute approximate surface area is 161 Å². The second-order valence-electron chi connectivity index (χ2n) is 7.12. The highest BCUT2D eigenvalue weighted by Crippen LogP contribution is 2.21. The summed E-state index contributed by atoms with van der Waals surface area (Å²) in [5.41, 5.74) is 5.14. The van der Waals surface area contributed by atoms with Crippen molar-refractivity contribution in [1.82, 2.24) is 10.2 Å². The molecule has 0 heterocycles. The Hall–Kier alpha value is -2.66. The minimum absolute atomic E-state index is 0.100. The number of nitrogens with zero attached hydrogens (tertiary/aromatic N) is 1. The quantitative estimate of drug-likeness (QED) is 0.790. The van der Waals surface area contributed by atoms with Gasteiger partial charge in [0.1, 0.15) is 0 Å². The van der Waals surface area contributed by atoms with Crippen LogP contribution in [0.1, 0.15) is 29.2 Å². The van der Waals surface area contributed by atoms with Gasteiger partial charge in [-0.25, -0.2) is 0 Å². The molecule has 5 heteroatoms. The fourth-order valence-electron chi connectivity index (χ4n) is 3.05. The number of hydrogen-bond acceptors (Lipinski definition) is 3. The molecular weight excluding hydrogens is 338 g/mol. The zero-order valence-corrected chi connectivity index (χ0v) is 16.8. The van der Waals surface area contributed by atoms with Crippen LogP contribution in [0.25, 0.3) is 0 Å². The molecule has 0 aromatic heterocycles. The van der Waals surface area contributed by atoms with E-state index in [1.165, 1.54) is 5.56 Å². The van der Waals surface area contributed by atoms with Crippen LogP contribution in [0, 0.1) is 20.8 Å². The molecule has 2 aromatic carbocycles. The van der Waals surface area contributed by atoms with Crippen LogP contribution in [-0.2, 0) is 16.1 Å². The maximum absolute atomic E-state index is 12.4. The number of anilines is 1. The van der Waals surface area contributed by atoms with E-state index in [4.69, 9.17) is 0 Å². The average molecular weight is 367 g/mol. The summed E-state index contributed by atoms with van der Waals surface area (Å²) in [5, 5.41) is 5.89. The molecule has 2 amide bonds. The molecule has 0 bridgehead atoms. The number of benzene rings is 2. The summed E-state index contributed by atoms with van der Waals surface area (Å²) < 4.78 is 0. The molecule has 2 aromatic rings. The summed E-state index contributed by atoms with van der Waals surface area (Å²) in [7, 11) is 1.78. The zero-order valence-electron chi connectivity index (χ0n) is 16.8. The summed E-state index contributed by atoms with van der Waals surface area (Å²) in [6.07, 6.45) is 0. The number of nitrogens with one attached hydrogen (secondary N) is 2. The van der Waals surface area contributed by atoms with E-state index in [0.29, 0.717) is 6.54 Å². The second kappa shape index (κ2) is 9.33. The fourth-order valence-corrected chi connectivity index (χ4v) is 3.05. The summed E-state index contributed by atoms with van der Waals surface area (Å²) >= 11 is 0. The Balaban J connectivity index is 1.88. The lowest BCUT2D eigenvalue weighted by Gasteiger charge is -2.24. The molecule has 1 atom stereocenters. The normalized spacial score (nSPS) is 11.9. The van der Waals surface area contributed by atoms with E-state index in [2.05, 4.69) is 10.6 Å². The highest BCUT2D eigenvalue weighted by Gasteiger charge is 2.20. The van der Waals surface area contributed by atoms with E-state index in [1.807, 2.05) is 63.2 Å². The summed E-state index contributed by atoms with van der Waals surface area (Å²) in [6.45, 7) is 8.43. The van der Waals surface area contributed by atoms with Gasteiger partial charge in [-0.3, -0.25) is 14.5 Å². The van der Waals surface area contributed by atoms with Crippen LogP contribution in [-0.4, -0.2) is 36.3 Å². The van der Waals surface area contributed by atoms with Crippen LogP contribution in [0.4, 0.5) is 5.69 Å². The minimum atomic E-state index is -0.403. The molecule has 0 aliphatic rings. The molecule has 0 aliphatic carbocycles. The van der Waals surface area contributed by atoms with Crippen molar-refractivity contribution in [2.24, 2.45) is 0 Å². The zero-order chi connectivity index (χ0) is 20.0. The molecule has 0 saturated carbocycles. The molecule has 2 N–H and O–H groups in total. The SMILES string of the molecule is Cc1cc(C)c(NC(=O)CN(C)[C@@H](C)C(=O)NCc2ccccc2)c(C)c1. The number of hydrogen-bond donors (Lipinski definition) is 2. The molecule has 0 saturated heterocycles. The second-order valence-corrected chi connectivity index (χ2v) is 7.12. The van der Waals surface area contributed by atoms with E-state index >= 15 is 0 Å². The third kappa shape index (κ3) is 5.93. The first-order valence-electron chi connectivity index (χ1n) is 9.17. The van der Waals surface area contributed by atoms with Gasteiger partial charge in [0.25, 0.3) is 0 Å². The van der Waals surface area contributed by atoms with Gasteiger partial charge in [-0.05, 0) is 51.4 Å². The lowest BCUT2D eigenvalue weighted by atomic mass is 10.1. The number of likely N-dealkylation sites (N-methyl/N-ethyl adjacent to an activating group) is 1. The number of carbonyl (C=O) groups excluding carboxylic acids is 2. The van der Waals surface area contributed by atoms with E-state index < -0.39 is 6.04 Å². The van der Waals surface area contributed by atoms with Crippen molar-refractivity contribution < 1.29 is 9.59 Å². The van der Waals surface area contributed by atoms with Gasteiger partial charge < -0.3 is 10.6 Å².